The number of aryl methyl sites for hydroxylation is 17. The summed E-state index contributed by atoms with van der Waals surface area (Å²) >= 11 is 1.62. The SMILES string of the molecule is Cc1cc(Oc2ccc(-c3ccc(F)cc3)nc2)ncc1CCc1cccnc1.Cc1ccccc1-c1ccc(Oc2ccc(CCc3cccnc3)c(C)n2)cc1C.Cc1nc(Oc2ccc(-c3ccc(F)cc3)nc2)ccc1CCc1cccnc1.Cc1nc(Oc2ccc(-c3ccccc3)nc2)ccc1CCc1cccnc1.Cc1nc(Oc2ccc(-c3nccs3)cc2)ccc1CCc1cccnc1. The fraction of sp³-hybridized carbons (Fsp3) is 0.140. The summed E-state index contributed by atoms with van der Waals surface area (Å²) in [6, 6.07) is 94.6. The van der Waals surface area contributed by atoms with Crippen LogP contribution in [0.4, 0.5) is 8.78 Å². The zero-order chi connectivity index (χ0) is 98.7. The molecule has 710 valence electrons. The number of pyridine rings is 13. The number of aromatic nitrogens is 14. The van der Waals surface area contributed by atoms with Crippen LogP contribution in [0.2, 0.25) is 0 Å². The number of hydrogen-bond acceptors (Lipinski definition) is 20. The van der Waals surface area contributed by atoms with Gasteiger partial charge < -0.3 is 23.7 Å². The van der Waals surface area contributed by atoms with Crippen molar-refractivity contribution >= 4 is 11.3 Å². The Morgan fingerprint density at radius 3 is 0.923 bits per heavy atom. The highest BCUT2D eigenvalue weighted by molar-refractivity contribution is 7.13. The Bertz CT molecular complexity index is 7240. The number of rotatable bonds is 30. The Morgan fingerprint density at radius 1 is 0.231 bits per heavy atom. The predicted molar refractivity (Wildman–Crippen MR) is 561 cm³/mol. The molecule has 0 amide bonds. The molecule has 143 heavy (non-hydrogen) atoms. The lowest BCUT2D eigenvalue weighted by Crippen LogP contribution is -1.98. The van der Waals surface area contributed by atoms with Crippen molar-refractivity contribution < 1.29 is 32.5 Å². The van der Waals surface area contributed by atoms with Gasteiger partial charge in [0, 0.05) is 155 Å². The lowest BCUT2D eigenvalue weighted by Gasteiger charge is -2.12. The normalized spacial score (nSPS) is 10.7. The molecule has 20 aromatic rings. The van der Waals surface area contributed by atoms with E-state index in [0.29, 0.717) is 46.6 Å². The molecular formula is C121H106F2N14O5S. The smallest absolute Gasteiger partial charge is 0.219 e. The quantitative estimate of drug-likeness (QED) is 0.0408. The van der Waals surface area contributed by atoms with Crippen LogP contribution in [0.1, 0.15) is 95.1 Å². The second kappa shape index (κ2) is 50.4. The molecule has 0 aliphatic heterocycles. The van der Waals surface area contributed by atoms with Crippen LogP contribution < -0.4 is 23.7 Å². The van der Waals surface area contributed by atoms with Crippen molar-refractivity contribution in [3.63, 3.8) is 0 Å². The van der Waals surface area contributed by atoms with E-state index in [1.807, 2.05) is 240 Å². The van der Waals surface area contributed by atoms with Gasteiger partial charge in [-0.1, -0.05) is 115 Å². The summed E-state index contributed by atoms with van der Waals surface area (Å²) in [4.78, 5) is 61.3. The van der Waals surface area contributed by atoms with Crippen LogP contribution in [-0.2, 0) is 64.2 Å². The molecule has 22 heteroatoms. The van der Waals surface area contributed by atoms with Crippen LogP contribution in [0.25, 0.3) is 55.5 Å². The zero-order valence-electron chi connectivity index (χ0n) is 80.6. The van der Waals surface area contributed by atoms with E-state index in [2.05, 4.69) is 175 Å². The first-order valence-corrected chi connectivity index (χ1v) is 48.2. The Morgan fingerprint density at radius 2 is 0.573 bits per heavy atom. The van der Waals surface area contributed by atoms with Crippen molar-refractivity contribution in [1.29, 1.82) is 0 Å². The summed E-state index contributed by atoms with van der Waals surface area (Å²) in [7, 11) is 0. The van der Waals surface area contributed by atoms with E-state index < -0.39 is 0 Å². The first-order chi connectivity index (χ1) is 70.0. The van der Waals surface area contributed by atoms with Gasteiger partial charge in [0.25, 0.3) is 0 Å². The van der Waals surface area contributed by atoms with E-state index in [0.717, 1.165) is 148 Å². The van der Waals surface area contributed by atoms with Gasteiger partial charge in [-0.3, -0.25) is 39.9 Å². The number of ether oxygens (including phenoxy) is 5. The van der Waals surface area contributed by atoms with Crippen LogP contribution in [0.5, 0.6) is 58.1 Å². The van der Waals surface area contributed by atoms with Crippen molar-refractivity contribution in [2.24, 2.45) is 0 Å². The Hall–Kier alpha value is -17.2. The molecule has 0 atom stereocenters. The van der Waals surface area contributed by atoms with E-state index in [1.54, 1.807) is 85.2 Å². The van der Waals surface area contributed by atoms with Gasteiger partial charge in [0.15, 0.2) is 0 Å². The highest BCUT2D eigenvalue weighted by Gasteiger charge is 2.16. The van der Waals surface area contributed by atoms with Gasteiger partial charge in [-0.25, -0.2) is 38.7 Å². The second-order valence-electron chi connectivity index (χ2n) is 34.0. The Kier molecular flexibility index (Phi) is 34.8. The maximum absolute atomic E-state index is 13.1. The Balaban J connectivity index is 0.000000128. The molecule has 14 aromatic heterocycles. The van der Waals surface area contributed by atoms with Crippen LogP contribution in [0.3, 0.4) is 0 Å². The minimum Gasteiger partial charge on any atom is -0.439 e. The molecule has 0 N–H and O–H groups in total. The van der Waals surface area contributed by atoms with E-state index in [9.17, 15) is 8.78 Å². The monoisotopic (exact) mass is 1900 g/mol. The highest BCUT2D eigenvalue weighted by atomic mass is 32.1. The van der Waals surface area contributed by atoms with Gasteiger partial charge in [-0.2, -0.15) is 0 Å². The maximum atomic E-state index is 13.1. The number of halogens is 2. The summed E-state index contributed by atoms with van der Waals surface area (Å²) in [5.74, 6) is 5.81. The fourth-order valence-electron chi connectivity index (χ4n) is 15.7. The first kappa shape index (κ1) is 98.8. The molecule has 0 aliphatic rings. The molecule has 19 nitrogen and oxygen atoms in total. The summed E-state index contributed by atoms with van der Waals surface area (Å²) in [6.07, 6.45) is 36.5. The van der Waals surface area contributed by atoms with E-state index in [4.69, 9.17) is 23.7 Å². The van der Waals surface area contributed by atoms with Crippen LogP contribution >= 0.6 is 11.3 Å². The third kappa shape index (κ3) is 29.7. The van der Waals surface area contributed by atoms with Gasteiger partial charge >= 0.3 is 0 Å². The third-order valence-electron chi connectivity index (χ3n) is 23.7. The second-order valence-corrected chi connectivity index (χ2v) is 34.9. The predicted octanol–water partition coefficient (Wildman–Crippen LogP) is 28.7. The van der Waals surface area contributed by atoms with Crippen LogP contribution in [0, 0.1) is 60.1 Å². The molecular weight excluding hydrogens is 1800 g/mol. The molecule has 14 heterocycles. The molecule has 0 saturated heterocycles. The van der Waals surface area contributed by atoms with Crippen molar-refractivity contribution in [1.82, 2.24) is 69.8 Å². The lowest BCUT2D eigenvalue weighted by atomic mass is 9.97. The minimum atomic E-state index is -0.265. The highest BCUT2D eigenvalue weighted by Crippen LogP contribution is 2.35. The molecule has 0 bridgehead atoms. The average molecular weight is 1910 g/mol. The number of benzene rings is 6. The zero-order valence-corrected chi connectivity index (χ0v) is 81.4. The largest absolute Gasteiger partial charge is 0.439 e. The number of thiazole rings is 1. The first-order valence-electron chi connectivity index (χ1n) is 47.3. The Labute approximate surface area is 836 Å². The topological polar surface area (TPSA) is 227 Å². The standard InChI is InChI=1S/C27H26N2O.2C24H20FN3O.C24H21N3O.C22H19N3OS/c1-19-7-4-5-9-25(19)26-14-13-24(17-20(26)2)30-27-15-12-23(21(3)29-27)11-10-22-8-6-16-28-18-22;1-17-19(5-4-18-3-2-14-26-15-18)8-13-24(28-17)29-22-11-12-23(27-16-22)20-6-9-21(25)10-7-20;1-17-13-24(28-15-20(17)5-4-18-3-2-12-26-14-18)29-22-10-11-23(27-16-22)19-6-8-21(25)9-7-19;1-18-20(10-9-19-6-5-15-25-16-19)11-14-24(27-18)28-22-12-13-23(26-17-22)21-7-3-2-4-8-21;1-16-18(5-4-17-3-2-12-23-15-17)8-11-21(25-16)26-20-9-6-19(7-10-20)22-24-13-14-27-22/h4-9,12-18H,10-11H2,1-3H3;2*2-3,6-16H,4-5H2,1H3;2-8,11-17H,9-10H2,1H3;2-3,6-15H,4-5H2,1H3. The van der Waals surface area contributed by atoms with Gasteiger partial charge in [0.1, 0.15) is 45.4 Å². The van der Waals surface area contributed by atoms with Crippen LogP contribution in [0.15, 0.2) is 396 Å². The summed E-state index contributed by atoms with van der Waals surface area (Å²) < 4.78 is 55.6. The van der Waals surface area contributed by atoms with Crippen molar-refractivity contribution in [2.75, 3.05) is 0 Å². The fourth-order valence-corrected chi connectivity index (χ4v) is 16.4. The molecule has 0 unspecified atom stereocenters. The number of hydrogen-bond donors (Lipinski definition) is 0. The van der Waals surface area contributed by atoms with Gasteiger partial charge in [-0.05, 0) is 348 Å². The van der Waals surface area contributed by atoms with Crippen molar-refractivity contribution in [3.05, 3.63) is 502 Å². The maximum Gasteiger partial charge on any atom is 0.219 e. The number of nitrogens with zero attached hydrogens (tertiary/aromatic N) is 14. The average Bonchev–Trinajstić information content (AvgIpc) is 0.967. The third-order valence-corrected chi connectivity index (χ3v) is 24.6. The van der Waals surface area contributed by atoms with Crippen molar-refractivity contribution in [3.8, 4) is 114 Å². The summed E-state index contributed by atoms with van der Waals surface area (Å²) in [5, 5.41) is 2.98. The molecule has 0 saturated carbocycles. The molecule has 6 aromatic carbocycles. The van der Waals surface area contributed by atoms with Gasteiger partial charge in [0.2, 0.25) is 29.4 Å². The van der Waals surface area contributed by atoms with E-state index in [1.165, 1.54) is 102 Å². The van der Waals surface area contributed by atoms with Crippen LogP contribution in [-0.4, -0.2) is 69.8 Å². The summed E-state index contributed by atoms with van der Waals surface area (Å²) in [6.45, 7) is 14.4. The molecule has 0 aliphatic carbocycles. The lowest BCUT2D eigenvalue weighted by molar-refractivity contribution is 0.458. The molecule has 0 radical (unpaired) electrons. The summed E-state index contributed by atoms with van der Waals surface area (Å²) in [5.41, 5.74) is 28.5. The van der Waals surface area contributed by atoms with Gasteiger partial charge in [-0.15, -0.1) is 11.3 Å². The van der Waals surface area contributed by atoms with E-state index in [-0.39, 0.29) is 11.6 Å². The minimum absolute atomic E-state index is 0.265. The van der Waals surface area contributed by atoms with E-state index >= 15 is 0 Å². The van der Waals surface area contributed by atoms with Gasteiger partial charge in [0.05, 0.1) is 35.7 Å². The molecule has 0 spiro atoms. The molecule has 0 fully saturated rings. The molecule has 20 rings (SSSR count). The van der Waals surface area contributed by atoms with Crippen molar-refractivity contribution in [2.45, 2.75) is 113 Å².